The van der Waals surface area contributed by atoms with Gasteiger partial charge in [0.05, 0.1) is 22.1 Å². The van der Waals surface area contributed by atoms with Crippen molar-refractivity contribution in [2.75, 3.05) is 5.32 Å². The third kappa shape index (κ3) is 2.97. The van der Waals surface area contributed by atoms with Crippen LogP contribution in [0.2, 0.25) is 10.0 Å². The summed E-state index contributed by atoms with van der Waals surface area (Å²) in [6.45, 7) is 1.87. The fourth-order valence-corrected chi connectivity index (χ4v) is 2.76. The molecule has 4 aromatic rings. The Bertz CT molecular complexity index is 1080. The van der Waals surface area contributed by atoms with E-state index in [0.29, 0.717) is 38.8 Å². The van der Waals surface area contributed by atoms with Gasteiger partial charge in [0.25, 0.3) is 5.78 Å². The van der Waals surface area contributed by atoms with Crippen molar-refractivity contribution in [1.82, 2.24) is 34.8 Å². The predicted molar refractivity (Wildman–Crippen MR) is 94.1 cm³/mol. The minimum absolute atomic E-state index is 0.376. The highest BCUT2D eigenvalue weighted by molar-refractivity contribution is 6.36. The van der Waals surface area contributed by atoms with E-state index in [1.165, 1.54) is 6.33 Å². The number of benzene rings is 1. The quantitative estimate of drug-likeness (QED) is 0.589. The van der Waals surface area contributed by atoms with Gasteiger partial charge >= 0.3 is 0 Å². The molecule has 0 aliphatic carbocycles. The monoisotopic (exact) mass is 372 g/mol. The second-order valence-electron chi connectivity index (χ2n) is 5.12. The molecule has 0 aliphatic heterocycles. The van der Waals surface area contributed by atoms with Crippen LogP contribution in [-0.2, 0) is 0 Å². The summed E-state index contributed by atoms with van der Waals surface area (Å²) in [6.07, 6.45) is 3.05. The van der Waals surface area contributed by atoms with Gasteiger partial charge in [0, 0.05) is 11.2 Å². The largest absolute Gasteiger partial charge is 0.323 e. The summed E-state index contributed by atoms with van der Waals surface area (Å²) in [4.78, 5) is 12.7. The van der Waals surface area contributed by atoms with Gasteiger partial charge in [-0.15, -0.1) is 10.2 Å². The minimum Gasteiger partial charge on any atom is -0.323 e. The third-order valence-corrected chi connectivity index (χ3v) is 4.05. The van der Waals surface area contributed by atoms with Crippen molar-refractivity contribution in [3.05, 3.63) is 52.5 Å². The first-order chi connectivity index (χ1) is 12.1. The molecule has 0 atom stereocenters. The van der Waals surface area contributed by atoms with Gasteiger partial charge in [-0.05, 0) is 31.2 Å². The van der Waals surface area contributed by atoms with Crippen LogP contribution in [0, 0.1) is 6.92 Å². The molecule has 124 valence electrons. The van der Waals surface area contributed by atoms with Gasteiger partial charge < -0.3 is 5.32 Å². The smallest absolute Gasteiger partial charge is 0.271 e. The number of halogens is 2. The predicted octanol–water partition coefficient (Wildman–Crippen LogP) is 3.34. The topological polar surface area (TPSA) is 93.8 Å². The summed E-state index contributed by atoms with van der Waals surface area (Å²) in [5.74, 6) is 0.809. The number of hydrogen-bond acceptors (Lipinski definition) is 7. The molecule has 1 aromatic carbocycles. The molecule has 0 fully saturated rings. The lowest BCUT2D eigenvalue weighted by Crippen LogP contribution is -2.05. The molecule has 0 radical (unpaired) electrons. The fourth-order valence-electron chi connectivity index (χ4n) is 2.31. The maximum atomic E-state index is 6.17. The number of nitrogens with zero attached hydrogens (tertiary/aromatic N) is 7. The van der Waals surface area contributed by atoms with Crippen LogP contribution in [0.25, 0.3) is 17.2 Å². The van der Waals surface area contributed by atoms with Crippen LogP contribution < -0.4 is 5.32 Å². The van der Waals surface area contributed by atoms with Gasteiger partial charge in [0.15, 0.2) is 0 Å². The molecule has 3 heterocycles. The molecule has 0 aliphatic rings. The Morgan fingerprint density at radius 3 is 2.80 bits per heavy atom. The number of hydrogen-bond donors (Lipinski definition) is 1. The summed E-state index contributed by atoms with van der Waals surface area (Å²) in [5.41, 5.74) is 2.62. The molecule has 0 unspecified atom stereocenters. The van der Waals surface area contributed by atoms with E-state index in [0.717, 1.165) is 5.69 Å². The van der Waals surface area contributed by atoms with Crippen LogP contribution in [0.3, 0.4) is 0 Å². The van der Waals surface area contributed by atoms with Crippen LogP contribution in [0.5, 0.6) is 0 Å². The maximum absolute atomic E-state index is 6.17. The van der Waals surface area contributed by atoms with Crippen molar-refractivity contribution in [2.45, 2.75) is 6.92 Å². The second kappa shape index (κ2) is 6.23. The lowest BCUT2D eigenvalue weighted by Gasteiger charge is -2.09. The highest BCUT2D eigenvalue weighted by atomic mass is 35.5. The number of aromatic nitrogens is 7. The van der Waals surface area contributed by atoms with E-state index >= 15 is 0 Å². The average Bonchev–Trinajstić information content (AvgIpc) is 3.08. The molecule has 0 saturated heterocycles. The summed E-state index contributed by atoms with van der Waals surface area (Å²) in [5, 5.41) is 16.5. The Hall–Kier alpha value is -2.84. The summed E-state index contributed by atoms with van der Waals surface area (Å²) < 4.78 is 1.60. The van der Waals surface area contributed by atoms with Crippen LogP contribution in [-0.4, -0.2) is 34.8 Å². The van der Waals surface area contributed by atoms with Gasteiger partial charge in [-0.1, -0.05) is 23.2 Å². The molecule has 25 heavy (non-hydrogen) atoms. The molecule has 1 N–H and O–H groups in total. The molecule has 0 bridgehead atoms. The Morgan fingerprint density at radius 1 is 1.08 bits per heavy atom. The molecule has 0 spiro atoms. The highest BCUT2D eigenvalue weighted by Gasteiger charge is 2.13. The molecular weight excluding hydrogens is 363 g/mol. The van der Waals surface area contributed by atoms with E-state index in [4.69, 9.17) is 23.2 Å². The van der Waals surface area contributed by atoms with Gasteiger partial charge in [-0.2, -0.15) is 14.6 Å². The van der Waals surface area contributed by atoms with Crippen molar-refractivity contribution < 1.29 is 0 Å². The molecule has 0 saturated carbocycles. The van der Waals surface area contributed by atoms with Gasteiger partial charge in [-0.3, -0.25) is 0 Å². The number of nitrogens with one attached hydrogen (secondary N) is 1. The van der Waals surface area contributed by atoms with E-state index in [9.17, 15) is 0 Å². The molecule has 4 rings (SSSR count). The third-order valence-electron chi connectivity index (χ3n) is 3.51. The second-order valence-corrected chi connectivity index (χ2v) is 5.96. The van der Waals surface area contributed by atoms with Crippen LogP contribution in [0.15, 0.2) is 36.8 Å². The maximum Gasteiger partial charge on any atom is 0.271 e. The Balaban J connectivity index is 1.72. The lowest BCUT2D eigenvalue weighted by atomic mass is 10.2. The summed E-state index contributed by atoms with van der Waals surface area (Å²) in [7, 11) is 0. The van der Waals surface area contributed by atoms with E-state index in [2.05, 4.69) is 35.6 Å². The zero-order valence-electron chi connectivity index (χ0n) is 12.9. The Morgan fingerprint density at radius 2 is 1.96 bits per heavy atom. The van der Waals surface area contributed by atoms with Gasteiger partial charge in [-0.25, -0.2) is 9.97 Å². The number of aryl methyl sites for hydroxylation is 1. The molecular formula is C15H10Cl2N8. The van der Waals surface area contributed by atoms with Crippen molar-refractivity contribution in [3.63, 3.8) is 0 Å². The first-order valence-electron chi connectivity index (χ1n) is 7.20. The normalized spacial score (nSPS) is 11.0. The van der Waals surface area contributed by atoms with Crippen molar-refractivity contribution >= 4 is 40.6 Å². The van der Waals surface area contributed by atoms with Gasteiger partial charge in [0.2, 0.25) is 5.95 Å². The Kier molecular flexibility index (Phi) is 3.90. The molecule has 3 aromatic heterocycles. The zero-order valence-corrected chi connectivity index (χ0v) is 14.4. The van der Waals surface area contributed by atoms with Gasteiger partial charge in [0.1, 0.15) is 12.0 Å². The highest BCUT2D eigenvalue weighted by Crippen LogP contribution is 2.28. The molecule has 0 amide bonds. The molecule has 10 heteroatoms. The number of anilines is 2. The van der Waals surface area contributed by atoms with Crippen LogP contribution in [0.1, 0.15) is 5.69 Å². The van der Waals surface area contributed by atoms with Crippen molar-refractivity contribution in [3.8, 4) is 11.4 Å². The van der Waals surface area contributed by atoms with Crippen LogP contribution >= 0.6 is 23.2 Å². The summed E-state index contributed by atoms with van der Waals surface area (Å²) >= 11 is 12.1. The zero-order chi connectivity index (χ0) is 17.4. The van der Waals surface area contributed by atoms with E-state index in [1.807, 2.05) is 6.92 Å². The Labute approximate surface area is 151 Å². The first-order valence-corrected chi connectivity index (χ1v) is 7.96. The first kappa shape index (κ1) is 15.7. The lowest BCUT2D eigenvalue weighted by molar-refractivity contribution is 0.850. The SMILES string of the molecule is Cc1c(-c2ccnc(Nc3ccc(Cl)cc3Cl)n2)nnc2ncnn12. The number of fused-ring (bicyclic) bond motifs is 1. The minimum atomic E-state index is 0.376. The fraction of sp³-hybridized carbons (Fsp3) is 0.0667. The van der Waals surface area contributed by atoms with E-state index in [-0.39, 0.29) is 0 Å². The van der Waals surface area contributed by atoms with E-state index in [1.54, 1.807) is 35.0 Å². The van der Waals surface area contributed by atoms with Crippen molar-refractivity contribution in [2.24, 2.45) is 0 Å². The summed E-state index contributed by atoms with van der Waals surface area (Å²) in [6, 6.07) is 6.87. The van der Waals surface area contributed by atoms with Crippen LogP contribution in [0.4, 0.5) is 11.6 Å². The standard InChI is InChI=1S/C15H10Cl2N8/c1-8-13(23-24-15-19-7-20-25(8)15)12-4-5-18-14(22-12)21-11-3-2-9(16)6-10(11)17/h2-7H,1H3,(H,18,21,22). The average molecular weight is 373 g/mol. The molecule has 8 nitrogen and oxygen atoms in total. The van der Waals surface area contributed by atoms with Crippen molar-refractivity contribution in [1.29, 1.82) is 0 Å². The van der Waals surface area contributed by atoms with E-state index < -0.39 is 0 Å². The number of rotatable bonds is 3.